The summed E-state index contributed by atoms with van der Waals surface area (Å²) >= 11 is 0. The summed E-state index contributed by atoms with van der Waals surface area (Å²) in [6.45, 7) is 7.44. The Hall–Kier alpha value is -2.83. The number of aromatic nitrogens is 2. The highest BCUT2D eigenvalue weighted by molar-refractivity contribution is 5.93. The Balaban J connectivity index is 1.34. The zero-order valence-electron chi connectivity index (χ0n) is 18.0. The van der Waals surface area contributed by atoms with Crippen LogP contribution < -0.4 is 10.6 Å². The largest absolute Gasteiger partial charge is 0.348 e. The number of likely N-dealkylation sites (tertiary alicyclic amines) is 1. The molecule has 2 fully saturated rings. The summed E-state index contributed by atoms with van der Waals surface area (Å²) in [5, 5.41) is 10.8. The van der Waals surface area contributed by atoms with Crippen molar-refractivity contribution in [1.82, 2.24) is 20.0 Å². The Bertz CT molecular complexity index is 903. The number of anilines is 1. The van der Waals surface area contributed by atoms with Crippen LogP contribution in [0.4, 0.5) is 10.5 Å². The van der Waals surface area contributed by atoms with Crippen LogP contribution in [0, 0.1) is 0 Å². The van der Waals surface area contributed by atoms with Gasteiger partial charge in [0.1, 0.15) is 5.69 Å². The number of urea groups is 1. The number of carbonyl (C=O) groups is 2. The summed E-state index contributed by atoms with van der Waals surface area (Å²) in [4.78, 5) is 27.3. The molecule has 3 amide bonds. The van der Waals surface area contributed by atoms with Crippen molar-refractivity contribution in [1.29, 1.82) is 0 Å². The first-order chi connectivity index (χ1) is 14.3. The third kappa shape index (κ3) is 4.66. The highest BCUT2D eigenvalue weighted by Gasteiger charge is 2.32. The van der Waals surface area contributed by atoms with Gasteiger partial charge in [-0.05, 0) is 64.7 Å². The Morgan fingerprint density at radius 3 is 2.30 bits per heavy atom. The average Bonchev–Trinajstić information content (AvgIpc) is 3.46. The van der Waals surface area contributed by atoms with E-state index >= 15 is 0 Å². The van der Waals surface area contributed by atoms with Crippen LogP contribution in [0.3, 0.4) is 0 Å². The van der Waals surface area contributed by atoms with E-state index in [0.717, 1.165) is 37.1 Å². The van der Waals surface area contributed by atoms with Gasteiger partial charge in [0, 0.05) is 30.7 Å². The van der Waals surface area contributed by atoms with Gasteiger partial charge in [-0.3, -0.25) is 9.48 Å². The molecule has 0 spiro atoms. The lowest BCUT2D eigenvalue weighted by Crippen LogP contribution is -2.48. The Kier molecular flexibility index (Phi) is 5.54. The summed E-state index contributed by atoms with van der Waals surface area (Å²) in [6, 6.07) is 11.4. The highest BCUT2D eigenvalue weighted by Crippen LogP contribution is 2.40. The first kappa shape index (κ1) is 20.4. The van der Waals surface area contributed by atoms with E-state index in [-0.39, 0.29) is 23.5 Å². The van der Waals surface area contributed by atoms with Crippen molar-refractivity contribution in [3.8, 4) is 0 Å². The van der Waals surface area contributed by atoms with Crippen molar-refractivity contribution < 1.29 is 9.59 Å². The monoisotopic (exact) mass is 409 g/mol. The molecule has 30 heavy (non-hydrogen) atoms. The third-order valence-corrected chi connectivity index (χ3v) is 5.73. The number of rotatable bonds is 4. The average molecular weight is 410 g/mol. The van der Waals surface area contributed by atoms with Gasteiger partial charge in [-0.25, -0.2) is 4.79 Å². The Morgan fingerprint density at radius 1 is 1.03 bits per heavy atom. The van der Waals surface area contributed by atoms with Crippen LogP contribution >= 0.6 is 0 Å². The van der Waals surface area contributed by atoms with E-state index in [0.29, 0.717) is 24.7 Å². The van der Waals surface area contributed by atoms with E-state index in [4.69, 9.17) is 5.10 Å². The first-order valence-corrected chi connectivity index (χ1v) is 10.8. The fourth-order valence-electron chi connectivity index (χ4n) is 3.86. The predicted octanol–water partition coefficient (Wildman–Crippen LogP) is 3.94. The minimum atomic E-state index is -0.251. The molecule has 0 bridgehead atoms. The van der Waals surface area contributed by atoms with Gasteiger partial charge < -0.3 is 15.5 Å². The lowest BCUT2D eigenvalue weighted by atomic mass is 10.0. The molecule has 1 aliphatic carbocycles. The molecule has 0 radical (unpaired) electrons. The summed E-state index contributed by atoms with van der Waals surface area (Å²) in [5.41, 5.74) is 2.20. The number of nitrogens with zero attached hydrogens (tertiary/aromatic N) is 3. The van der Waals surface area contributed by atoms with Crippen LogP contribution in [0.1, 0.15) is 68.6 Å². The molecule has 1 aromatic heterocycles. The van der Waals surface area contributed by atoms with Crippen LogP contribution in [-0.2, 0) is 5.54 Å². The number of hydrogen-bond donors (Lipinski definition) is 2. The van der Waals surface area contributed by atoms with Crippen LogP contribution in [0.25, 0.3) is 0 Å². The van der Waals surface area contributed by atoms with Crippen LogP contribution in [0.2, 0.25) is 0 Å². The molecule has 160 valence electrons. The number of hydrogen-bond acceptors (Lipinski definition) is 3. The number of benzene rings is 1. The van der Waals surface area contributed by atoms with Crippen molar-refractivity contribution in [2.45, 2.75) is 64.0 Å². The van der Waals surface area contributed by atoms with Gasteiger partial charge >= 0.3 is 6.03 Å². The quantitative estimate of drug-likeness (QED) is 0.803. The second kappa shape index (κ2) is 8.13. The van der Waals surface area contributed by atoms with Crippen LogP contribution in [0.15, 0.2) is 36.4 Å². The maximum Gasteiger partial charge on any atom is 0.321 e. The molecule has 2 aromatic rings. The van der Waals surface area contributed by atoms with Crippen molar-refractivity contribution in [3.05, 3.63) is 47.8 Å². The molecule has 1 saturated carbocycles. The van der Waals surface area contributed by atoms with Crippen molar-refractivity contribution in [2.24, 2.45) is 0 Å². The molecule has 1 aliphatic heterocycles. The first-order valence-electron chi connectivity index (χ1n) is 10.8. The molecule has 0 unspecified atom stereocenters. The van der Waals surface area contributed by atoms with E-state index < -0.39 is 0 Å². The highest BCUT2D eigenvalue weighted by atomic mass is 16.2. The SMILES string of the molecule is CC(C)(C)n1nc(C2CC2)cc1C(=O)NC1CCN(C(=O)Nc2ccccc2)CC1. The lowest BCUT2D eigenvalue weighted by molar-refractivity contribution is 0.0900. The van der Waals surface area contributed by atoms with Crippen LogP contribution in [0.5, 0.6) is 0 Å². The Morgan fingerprint density at radius 2 is 1.70 bits per heavy atom. The zero-order chi connectivity index (χ0) is 21.3. The topological polar surface area (TPSA) is 79.3 Å². The van der Waals surface area contributed by atoms with E-state index in [1.54, 1.807) is 4.90 Å². The molecular weight excluding hydrogens is 378 g/mol. The molecule has 7 nitrogen and oxygen atoms in total. The van der Waals surface area contributed by atoms with Crippen molar-refractivity contribution in [3.63, 3.8) is 0 Å². The third-order valence-electron chi connectivity index (χ3n) is 5.73. The van der Waals surface area contributed by atoms with Gasteiger partial charge in [-0.1, -0.05) is 18.2 Å². The molecule has 7 heteroatoms. The fourth-order valence-corrected chi connectivity index (χ4v) is 3.86. The van der Waals surface area contributed by atoms with Crippen molar-refractivity contribution >= 4 is 17.6 Å². The normalized spacial score (nSPS) is 17.6. The standard InChI is InChI=1S/C23H31N5O2/c1-23(2,3)28-20(15-19(26-28)16-9-10-16)21(29)24-18-11-13-27(14-12-18)22(30)25-17-7-5-4-6-8-17/h4-8,15-16,18H,9-14H2,1-3H3,(H,24,29)(H,25,30). The number of piperidine rings is 1. The van der Waals surface area contributed by atoms with Crippen LogP contribution in [-0.4, -0.2) is 45.8 Å². The Labute approximate surface area is 177 Å². The minimum absolute atomic E-state index is 0.0611. The van der Waals surface area contributed by atoms with E-state index in [9.17, 15) is 9.59 Å². The number of amides is 3. The minimum Gasteiger partial charge on any atom is -0.348 e. The van der Waals surface area contributed by atoms with E-state index in [2.05, 4.69) is 31.4 Å². The van der Waals surface area contributed by atoms with Gasteiger partial charge in [0.2, 0.25) is 0 Å². The number of nitrogens with one attached hydrogen (secondary N) is 2. The van der Waals surface area contributed by atoms with Gasteiger partial charge in [0.15, 0.2) is 0 Å². The molecular formula is C23H31N5O2. The molecule has 0 atom stereocenters. The van der Waals surface area contributed by atoms with Gasteiger partial charge in [-0.15, -0.1) is 0 Å². The second-order valence-electron chi connectivity index (χ2n) is 9.34. The van der Waals surface area contributed by atoms with E-state index in [1.807, 2.05) is 41.1 Å². The summed E-state index contributed by atoms with van der Waals surface area (Å²) in [6.07, 6.45) is 3.80. The molecule has 1 aromatic carbocycles. The van der Waals surface area contributed by atoms with E-state index in [1.165, 1.54) is 0 Å². The smallest absolute Gasteiger partial charge is 0.321 e. The fraction of sp³-hybridized carbons (Fsp3) is 0.522. The lowest BCUT2D eigenvalue weighted by Gasteiger charge is -2.32. The maximum atomic E-state index is 13.0. The molecule has 4 rings (SSSR count). The predicted molar refractivity (Wildman–Crippen MR) is 117 cm³/mol. The van der Waals surface area contributed by atoms with Gasteiger partial charge in [0.05, 0.1) is 11.2 Å². The number of carbonyl (C=O) groups excluding carboxylic acids is 2. The summed E-state index contributed by atoms with van der Waals surface area (Å²) in [5.74, 6) is 0.433. The molecule has 1 saturated heterocycles. The zero-order valence-corrected chi connectivity index (χ0v) is 18.0. The number of para-hydroxylation sites is 1. The molecule has 2 aliphatic rings. The second-order valence-corrected chi connectivity index (χ2v) is 9.34. The van der Waals surface area contributed by atoms with Gasteiger partial charge in [-0.2, -0.15) is 5.10 Å². The molecule has 2 N–H and O–H groups in total. The van der Waals surface area contributed by atoms with Crippen molar-refractivity contribution in [2.75, 3.05) is 18.4 Å². The van der Waals surface area contributed by atoms with Gasteiger partial charge in [0.25, 0.3) is 5.91 Å². The summed E-state index contributed by atoms with van der Waals surface area (Å²) in [7, 11) is 0. The molecule has 2 heterocycles. The summed E-state index contributed by atoms with van der Waals surface area (Å²) < 4.78 is 1.86. The maximum absolute atomic E-state index is 13.0.